The lowest BCUT2D eigenvalue weighted by Crippen LogP contribution is -2.13. The van der Waals surface area contributed by atoms with E-state index in [-0.39, 0.29) is 16.7 Å². The van der Waals surface area contributed by atoms with Crippen LogP contribution in [0.15, 0.2) is 42.5 Å². The average Bonchev–Trinajstić information content (AvgIpc) is 2.46. The normalized spacial score (nSPS) is 10.0. The van der Waals surface area contributed by atoms with Crippen molar-refractivity contribution in [3.05, 3.63) is 53.6 Å². The van der Waals surface area contributed by atoms with Crippen LogP contribution in [0.1, 0.15) is 27.6 Å². The van der Waals surface area contributed by atoms with Crippen molar-refractivity contribution in [2.45, 2.75) is 6.92 Å². The number of hydrogen-bond acceptors (Lipinski definition) is 4. The Hall–Kier alpha value is -3.15. The van der Waals surface area contributed by atoms with Crippen LogP contribution < -0.4 is 4.74 Å². The molecule has 6 heteroatoms. The molecule has 0 saturated heterocycles. The van der Waals surface area contributed by atoms with Crippen LogP contribution in [-0.2, 0) is 4.79 Å². The van der Waals surface area contributed by atoms with Crippen LogP contribution in [0.25, 0.3) is 11.1 Å². The number of benzene rings is 2. The minimum absolute atomic E-state index is 0.273. The summed E-state index contributed by atoms with van der Waals surface area (Å²) >= 11 is 0. The van der Waals surface area contributed by atoms with Gasteiger partial charge in [-0.3, -0.25) is 4.79 Å². The number of carbonyl (C=O) groups is 3. The fourth-order valence-electron chi connectivity index (χ4n) is 2.07. The summed E-state index contributed by atoms with van der Waals surface area (Å²) in [4.78, 5) is 34.0. The van der Waals surface area contributed by atoms with Crippen molar-refractivity contribution >= 4 is 17.9 Å². The molecule has 0 saturated carbocycles. The van der Waals surface area contributed by atoms with Gasteiger partial charge in [-0.15, -0.1) is 0 Å². The number of esters is 1. The van der Waals surface area contributed by atoms with Gasteiger partial charge in [0.15, 0.2) is 5.75 Å². The molecule has 6 nitrogen and oxygen atoms in total. The highest BCUT2D eigenvalue weighted by Gasteiger charge is 2.25. The van der Waals surface area contributed by atoms with Gasteiger partial charge in [0.25, 0.3) is 0 Å². The Morgan fingerprint density at radius 2 is 1.55 bits per heavy atom. The van der Waals surface area contributed by atoms with Crippen LogP contribution in [0.3, 0.4) is 0 Å². The smallest absolute Gasteiger partial charge is 0.340 e. The largest absolute Gasteiger partial charge is 0.478 e. The molecule has 2 aromatic carbocycles. The summed E-state index contributed by atoms with van der Waals surface area (Å²) in [5, 5.41) is 18.6. The zero-order valence-corrected chi connectivity index (χ0v) is 11.6. The van der Waals surface area contributed by atoms with Gasteiger partial charge in [0.2, 0.25) is 0 Å². The number of aromatic carboxylic acids is 2. The summed E-state index contributed by atoms with van der Waals surface area (Å²) in [5.41, 5.74) is 0.105. The van der Waals surface area contributed by atoms with Crippen LogP contribution in [0.4, 0.5) is 0 Å². The van der Waals surface area contributed by atoms with E-state index in [0.29, 0.717) is 5.56 Å². The molecular weight excluding hydrogens is 288 g/mol. The second kappa shape index (κ2) is 6.09. The summed E-state index contributed by atoms with van der Waals surface area (Å²) in [6.07, 6.45) is 0. The van der Waals surface area contributed by atoms with Gasteiger partial charge in [-0.25, -0.2) is 9.59 Å². The molecule has 0 heterocycles. The first kappa shape index (κ1) is 15.2. The van der Waals surface area contributed by atoms with Crippen molar-refractivity contribution in [1.29, 1.82) is 0 Å². The molecule has 2 rings (SSSR count). The topological polar surface area (TPSA) is 101 Å². The third-order valence-electron chi connectivity index (χ3n) is 2.93. The zero-order valence-electron chi connectivity index (χ0n) is 11.6. The Kier molecular flexibility index (Phi) is 4.22. The Morgan fingerprint density at radius 3 is 2.05 bits per heavy atom. The van der Waals surface area contributed by atoms with Crippen LogP contribution in [0.2, 0.25) is 0 Å². The molecule has 2 aromatic rings. The lowest BCUT2D eigenvalue weighted by molar-refractivity contribution is -0.131. The third kappa shape index (κ3) is 2.95. The fourth-order valence-corrected chi connectivity index (χ4v) is 2.07. The van der Waals surface area contributed by atoms with E-state index in [0.717, 1.165) is 6.92 Å². The van der Waals surface area contributed by atoms with Crippen molar-refractivity contribution in [2.24, 2.45) is 0 Å². The molecule has 0 spiro atoms. The lowest BCUT2D eigenvalue weighted by Gasteiger charge is -2.13. The number of rotatable bonds is 4. The Labute approximate surface area is 125 Å². The van der Waals surface area contributed by atoms with Crippen molar-refractivity contribution in [3.63, 3.8) is 0 Å². The van der Waals surface area contributed by atoms with Gasteiger partial charge < -0.3 is 14.9 Å². The molecule has 0 fully saturated rings. The quantitative estimate of drug-likeness (QED) is 0.665. The summed E-state index contributed by atoms with van der Waals surface area (Å²) in [6, 6.07) is 11.2. The molecule has 2 N–H and O–H groups in total. The van der Waals surface area contributed by atoms with E-state index in [1.807, 2.05) is 0 Å². The first-order valence-corrected chi connectivity index (χ1v) is 6.29. The second-order valence-electron chi connectivity index (χ2n) is 4.43. The first-order chi connectivity index (χ1) is 10.4. The maximum atomic E-state index is 11.6. The Bertz CT molecular complexity index is 749. The van der Waals surface area contributed by atoms with Gasteiger partial charge in [-0.1, -0.05) is 36.4 Å². The highest BCUT2D eigenvalue weighted by atomic mass is 16.5. The van der Waals surface area contributed by atoms with Gasteiger partial charge in [-0.2, -0.15) is 0 Å². The molecule has 0 aromatic heterocycles. The molecule has 0 aliphatic carbocycles. The third-order valence-corrected chi connectivity index (χ3v) is 2.93. The predicted octanol–water partition coefficient (Wildman–Crippen LogP) is 2.68. The van der Waals surface area contributed by atoms with Crippen LogP contribution in [-0.4, -0.2) is 28.1 Å². The molecule has 22 heavy (non-hydrogen) atoms. The Balaban J connectivity index is 2.79. The van der Waals surface area contributed by atoms with E-state index < -0.39 is 23.7 Å². The van der Waals surface area contributed by atoms with E-state index in [1.54, 1.807) is 30.3 Å². The van der Waals surface area contributed by atoms with E-state index >= 15 is 0 Å². The lowest BCUT2D eigenvalue weighted by atomic mass is 9.96. The highest BCUT2D eigenvalue weighted by molar-refractivity contribution is 6.05. The second-order valence-corrected chi connectivity index (χ2v) is 4.43. The van der Waals surface area contributed by atoms with Crippen molar-refractivity contribution in [1.82, 2.24) is 0 Å². The molecule has 0 aliphatic rings. The first-order valence-electron chi connectivity index (χ1n) is 6.29. The monoisotopic (exact) mass is 300 g/mol. The van der Waals surface area contributed by atoms with E-state index in [1.165, 1.54) is 12.1 Å². The molecular formula is C16H12O6. The van der Waals surface area contributed by atoms with Crippen LogP contribution >= 0.6 is 0 Å². The number of ether oxygens (including phenoxy) is 1. The number of carbonyl (C=O) groups excluding carboxylic acids is 1. The van der Waals surface area contributed by atoms with Crippen molar-refractivity contribution < 1.29 is 29.3 Å². The maximum Gasteiger partial charge on any atom is 0.340 e. The zero-order chi connectivity index (χ0) is 16.3. The summed E-state index contributed by atoms with van der Waals surface area (Å²) in [5.74, 6) is -4.01. The Morgan fingerprint density at radius 1 is 0.909 bits per heavy atom. The molecule has 0 aliphatic heterocycles. The van der Waals surface area contributed by atoms with Gasteiger partial charge in [0, 0.05) is 12.5 Å². The van der Waals surface area contributed by atoms with Crippen molar-refractivity contribution in [3.8, 4) is 16.9 Å². The van der Waals surface area contributed by atoms with Crippen LogP contribution in [0.5, 0.6) is 5.75 Å². The molecule has 0 unspecified atom stereocenters. The SMILES string of the molecule is CC(=O)Oc1c(C(=O)O)ccc(-c2ccccc2)c1C(=O)O. The minimum atomic E-state index is -1.38. The van der Waals surface area contributed by atoms with Crippen LogP contribution in [0, 0.1) is 0 Å². The van der Waals surface area contributed by atoms with E-state index in [4.69, 9.17) is 9.84 Å². The molecule has 0 radical (unpaired) electrons. The molecule has 0 bridgehead atoms. The molecule has 0 atom stereocenters. The molecule has 112 valence electrons. The number of carboxylic acid groups (broad SMARTS) is 2. The summed E-state index contributed by atoms with van der Waals surface area (Å²) < 4.78 is 4.86. The minimum Gasteiger partial charge on any atom is -0.478 e. The maximum absolute atomic E-state index is 11.6. The summed E-state index contributed by atoms with van der Waals surface area (Å²) in [7, 11) is 0. The standard InChI is InChI=1S/C16H12O6/c1-9(17)22-14-12(15(18)19)8-7-11(13(14)16(20)21)10-5-3-2-4-6-10/h2-8H,1H3,(H,18,19)(H,20,21). The van der Waals surface area contributed by atoms with Gasteiger partial charge in [0.05, 0.1) is 0 Å². The van der Waals surface area contributed by atoms with Gasteiger partial charge in [0.1, 0.15) is 11.1 Å². The number of hydrogen-bond donors (Lipinski definition) is 2. The van der Waals surface area contributed by atoms with Gasteiger partial charge >= 0.3 is 17.9 Å². The average molecular weight is 300 g/mol. The molecule has 0 amide bonds. The van der Waals surface area contributed by atoms with Crippen molar-refractivity contribution in [2.75, 3.05) is 0 Å². The number of carboxylic acids is 2. The predicted molar refractivity (Wildman–Crippen MR) is 77.1 cm³/mol. The van der Waals surface area contributed by atoms with E-state index in [9.17, 15) is 19.5 Å². The summed E-state index contributed by atoms with van der Waals surface area (Å²) in [6.45, 7) is 1.08. The van der Waals surface area contributed by atoms with Gasteiger partial charge in [-0.05, 0) is 11.6 Å². The fraction of sp³-hybridized carbons (Fsp3) is 0.0625. The highest BCUT2D eigenvalue weighted by Crippen LogP contribution is 2.34. The van der Waals surface area contributed by atoms with E-state index in [2.05, 4.69) is 0 Å².